The molecule has 0 aromatic carbocycles. The lowest BCUT2D eigenvalue weighted by molar-refractivity contribution is -0.345. The number of hydrogen-bond acceptors (Lipinski definition) is 9. The van der Waals surface area contributed by atoms with Crippen LogP contribution in [0.25, 0.3) is 0 Å². The number of hydrogen-bond donors (Lipinski definition) is 0. The average Bonchev–Trinajstić information content (AvgIpc) is 3.21. The molecule has 54 heteroatoms. The van der Waals surface area contributed by atoms with E-state index in [1.54, 1.807) is 0 Å². The molecule has 0 saturated heterocycles. The van der Waals surface area contributed by atoms with Crippen LogP contribution in [-0.4, -0.2) is 148 Å². The molecule has 1 heterocycles. The monoisotopic (exact) mass is 1410 g/mol. The van der Waals surface area contributed by atoms with Crippen molar-refractivity contribution in [1.82, 2.24) is 0 Å². The highest BCUT2D eigenvalue weighted by Crippen LogP contribution is 2.81. The Bertz CT molecular complexity index is 1860. The lowest BCUT2D eigenvalue weighted by atomic mass is 10.0. The molecule has 0 amide bonds. The molecule has 0 aliphatic carbocycles. The zero-order chi connectivity index (χ0) is 67.3. The molecular formula is C30H24F42N3O6P3. The van der Waals surface area contributed by atoms with Crippen molar-refractivity contribution in [2.24, 2.45) is 13.5 Å². The van der Waals surface area contributed by atoms with E-state index in [-0.39, 0.29) is 0 Å². The number of rotatable bonds is 24. The van der Waals surface area contributed by atoms with Gasteiger partial charge in [-0.2, -0.15) is 158 Å². The second-order valence-corrected chi connectivity index (χ2v) is 22.7. The topological polar surface area (TPSA) is 92.5 Å². The van der Waals surface area contributed by atoms with Crippen LogP contribution in [0.15, 0.2) is 13.5 Å². The minimum absolute atomic E-state index is 2.35. The molecule has 1 rings (SSSR count). The third-order valence-electron chi connectivity index (χ3n) is 10.3. The first-order chi connectivity index (χ1) is 36.4. The molecular weight excluding hydrogens is 1390 g/mol. The Morgan fingerprint density at radius 3 is 0.321 bits per heavy atom. The second kappa shape index (κ2) is 24.4. The van der Waals surface area contributed by atoms with E-state index in [9.17, 15) is 184 Å². The molecule has 504 valence electrons. The van der Waals surface area contributed by atoms with Crippen LogP contribution in [0.5, 0.6) is 0 Å². The molecule has 0 N–H and O–H groups in total. The number of halogens is 42. The van der Waals surface area contributed by atoms with E-state index in [1.165, 1.54) is 0 Å². The zero-order valence-electron chi connectivity index (χ0n) is 38.5. The molecule has 1 aliphatic rings. The summed E-state index contributed by atoms with van der Waals surface area (Å²) in [5.74, 6) is 0. The van der Waals surface area contributed by atoms with E-state index in [4.69, 9.17) is 0 Å². The Balaban J connectivity index is 5.25. The summed E-state index contributed by atoms with van der Waals surface area (Å²) >= 11 is 0. The molecule has 0 aromatic heterocycles. The summed E-state index contributed by atoms with van der Waals surface area (Å²) in [6.45, 7) is -20.6. The summed E-state index contributed by atoms with van der Waals surface area (Å²) in [7, 11) is -23.4. The number of nitrogens with zero attached hydrogens (tertiary/aromatic N) is 3. The van der Waals surface area contributed by atoms with Crippen molar-refractivity contribution in [2.45, 2.75) is 147 Å². The summed E-state index contributed by atoms with van der Waals surface area (Å²) < 4.78 is 608. The maximum atomic E-state index is 14.8. The summed E-state index contributed by atoms with van der Waals surface area (Å²) in [5, 5.41) is 0. The largest absolute Gasteiger partial charge is 0.431 e. The Hall–Kier alpha value is -2.49. The summed E-state index contributed by atoms with van der Waals surface area (Å²) in [5.41, 5.74) is -42.2. The van der Waals surface area contributed by atoms with Crippen molar-refractivity contribution in [3.63, 3.8) is 0 Å². The normalized spacial score (nSPS) is 18.4. The first kappa shape index (κ1) is 79.5. The van der Waals surface area contributed by atoms with Gasteiger partial charge in [0.2, 0.25) is 0 Å². The SMILES string of the molecule is FC(F)(F)C(F)(CCOP1(OCCC(F)(C(F)(F)F)C(F)(F)F)=NP(OCCC(F)(C(F)(F)F)C(F)(F)F)(OCCC(F)(C(F)(F)F)C(F)(F)F)=NP(OCCC(F)(C(F)(F)F)C(F)(F)F)(OCCC(F)(C(F)(F)F)C(F)(F)F)=N1)C(F)(F)F. The van der Waals surface area contributed by atoms with Gasteiger partial charge < -0.3 is 27.1 Å². The van der Waals surface area contributed by atoms with Crippen molar-refractivity contribution >= 4 is 23.0 Å². The molecule has 0 radical (unpaired) electrons. The Morgan fingerprint density at radius 2 is 0.250 bits per heavy atom. The van der Waals surface area contributed by atoms with Crippen molar-refractivity contribution in [1.29, 1.82) is 0 Å². The van der Waals surface area contributed by atoms with Gasteiger partial charge >= 0.3 is 131 Å². The third-order valence-corrected chi connectivity index (χ3v) is 18.8. The molecule has 9 nitrogen and oxygen atoms in total. The maximum absolute atomic E-state index is 14.8. The first-order valence-corrected chi connectivity index (χ1v) is 24.7. The fourth-order valence-corrected chi connectivity index (χ4v) is 14.9. The van der Waals surface area contributed by atoms with Gasteiger partial charge in [-0.1, -0.05) is 0 Å². The lowest BCUT2D eigenvalue weighted by Gasteiger charge is -2.37. The summed E-state index contributed by atoms with van der Waals surface area (Å²) in [6.07, 6.45) is -113. The van der Waals surface area contributed by atoms with Crippen LogP contribution in [0.2, 0.25) is 0 Å². The van der Waals surface area contributed by atoms with Gasteiger partial charge in [-0.05, 0) is 0 Å². The molecule has 0 fully saturated rings. The van der Waals surface area contributed by atoms with E-state index < -0.39 is 209 Å². The van der Waals surface area contributed by atoms with Gasteiger partial charge in [-0.15, -0.1) is 13.5 Å². The molecule has 1 aliphatic heterocycles. The minimum atomic E-state index is -7.80. The molecule has 0 saturated carbocycles. The van der Waals surface area contributed by atoms with Gasteiger partial charge in [-0.25, -0.2) is 26.3 Å². The fraction of sp³-hybridized carbons (Fsp3) is 1.00. The average molecular weight is 1410 g/mol. The summed E-state index contributed by atoms with van der Waals surface area (Å²) in [6, 6.07) is 0. The van der Waals surface area contributed by atoms with Gasteiger partial charge in [0.25, 0.3) is 0 Å². The van der Waals surface area contributed by atoms with E-state index in [0.29, 0.717) is 0 Å². The predicted molar refractivity (Wildman–Crippen MR) is 187 cm³/mol. The van der Waals surface area contributed by atoms with Crippen molar-refractivity contribution in [2.75, 3.05) is 39.6 Å². The lowest BCUT2D eigenvalue weighted by Crippen LogP contribution is -2.54. The van der Waals surface area contributed by atoms with E-state index >= 15 is 0 Å². The third kappa shape index (κ3) is 16.7. The van der Waals surface area contributed by atoms with Crippen LogP contribution in [0, 0.1) is 0 Å². The minimum Gasteiger partial charge on any atom is -0.306 e. The smallest absolute Gasteiger partial charge is 0.306 e. The van der Waals surface area contributed by atoms with Gasteiger partial charge in [0.15, 0.2) is 0 Å². The van der Waals surface area contributed by atoms with Crippen molar-refractivity contribution in [3.8, 4) is 0 Å². The maximum Gasteiger partial charge on any atom is 0.431 e. The van der Waals surface area contributed by atoms with Crippen molar-refractivity contribution in [3.05, 3.63) is 0 Å². The highest BCUT2D eigenvalue weighted by molar-refractivity contribution is 7.78. The van der Waals surface area contributed by atoms with Gasteiger partial charge in [0.1, 0.15) is 0 Å². The van der Waals surface area contributed by atoms with Gasteiger partial charge in [-0.3, -0.25) is 0 Å². The molecule has 0 atom stereocenters. The Kier molecular flexibility index (Phi) is 23.1. The Morgan fingerprint density at radius 1 is 0.167 bits per heavy atom. The molecule has 0 spiro atoms. The van der Waals surface area contributed by atoms with Crippen LogP contribution in [0.4, 0.5) is 184 Å². The van der Waals surface area contributed by atoms with Crippen LogP contribution in [-0.2, 0) is 27.1 Å². The van der Waals surface area contributed by atoms with Crippen LogP contribution < -0.4 is 0 Å². The quantitative estimate of drug-likeness (QED) is 0.0706. The van der Waals surface area contributed by atoms with Gasteiger partial charge in [0, 0.05) is 38.5 Å². The second-order valence-electron chi connectivity index (χ2n) is 16.0. The standard InChI is InChI=1S/C30H24F42N3O6P3/c31-13(19(37,38)39,20(40,41)42)1-7-76-82(77-8-2-14(32,21(43,44)45)22(46,47)48)73-83(78-9-3-15(33,23(49,50)51)24(52,53)54,79-10-4-16(34,25(55,56)57)26(58,59)60)75-84(74-82,80-11-5-17(35,27(61,62)63)28(64,65)66)81-12-6-18(36,29(67,68)69)30(70,71)72/h1-12H2. The van der Waals surface area contributed by atoms with Crippen LogP contribution >= 0.6 is 23.0 Å². The highest BCUT2D eigenvalue weighted by Gasteiger charge is 2.77. The fourth-order valence-electron chi connectivity index (χ4n) is 5.40. The molecule has 0 aromatic rings. The van der Waals surface area contributed by atoms with Gasteiger partial charge in [0.05, 0.1) is 39.6 Å². The number of alkyl halides is 42. The van der Waals surface area contributed by atoms with Crippen molar-refractivity contribution < 1.29 is 212 Å². The zero-order valence-corrected chi connectivity index (χ0v) is 41.2. The van der Waals surface area contributed by atoms with Crippen LogP contribution in [0.1, 0.15) is 38.5 Å². The van der Waals surface area contributed by atoms with E-state index in [0.717, 1.165) is 0 Å². The summed E-state index contributed by atoms with van der Waals surface area (Å²) in [4.78, 5) is 0. The van der Waals surface area contributed by atoms with E-state index in [2.05, 4.69) is 40.7 Å². The molecule has 0 unspecified atom stereocenters. The first-order valence-electron chi connectivity index (χ1n) is 20.1. The molecule has 84 heavy (non-hydrogen) atoms. The molecule has 0 bridgehead atoms. The Labute approximate surface area is 435 Å². The predicted octanol–water partition coefficient (Wildman–Crippen LogP) is 19.3. The van der Waals surface area contributed by atoms with Crippen LogP contribution in [0.3, 0.4) is 0 Å². The highest BCUT2D eigenvalue weighted by atomic mass is 31.3. The van der Waals surface area contributed by atoms with E-state index in [1.807, 2.05) is 0 Å².